The van der Waals surface area contributed by atoms with Crippen molar-refractivity contribution in [1.82, 2.24) is 0 Å². The van der Waals surface area contributed by atoms with Crippen molar-refractivity contribution in [1.29, 1.82) is 0 Å². The summed E-state index contributed by atoms with van der Waals surface area (Å²) in [4.78, 5) is 22.8. The fourth-order valence-electron chi connectivity index (χ4n) is 1.74. The minimum absolute atomic E-state index is 0.0101. The number of amides is 1. The molecule has 1 fully saturated rings. The van der Waals surface area contributed by atoms with Crippen LogP contribution in [0.2, 0.25) is 0 Å². The normalized spacial score (nSPS) is 22.6. The van der Waals surface area contributed by atoms with Gasteiger partial charge >= 0.3 is 0 Å². The lowest BCUT2D eigenvalue weighted by atomic mass is 10.1. The van der Waals surface area contributed by atoms with Crippen LogP contribution in [0.5, 0.6) is 0 Å². The highest BCUT2D eigenvalue weighted by molar-refractivity contribution is 5.98. The van der Waals surface area contributed by atoms with Crippen LogP contribution >= 0.6 is 0 Å². The summed E-state index contributed by atoms with van der Waals surface area (Å²) in [6, 6.07) is 7.05. The van der Waals surface area contributed by atoms with E-state index in [4.69, 9.17) is 0 Å². The molecule has 1 aromatic rings. The first-order chi connectivity index (χ1) is 7.58. The van der Waals surface area contributed by atoms with Gasteiger partial charge in [0.1, 0.15) is 0 Å². The quantitative estimate of drug-likeness (QED) is 0.790. The molecule has 0 aromatic heterocycles. The maximum atomic E-state index is 11.7. The molecule has 2 atom stereocenters. The summed E-state index contributed by atoms with van der Waals surface area (Å²) in [6.07, 6.45) is 0.970. The molecule has 1 N–H and O–H groups in total. The van der Waals surface area contributed by atoms with Gasteiger partial charge in [-0.3, -0.25) is 9.59 Å². The molecular formula is C13H15NO2. The Labute approximate surface area is 94.9 Å². The molecule has 1 saturated carbocycles. The number of anilines is 1. The summed E-state index contributed by atoms with van der Waals surface area (Å²) in [5.74, 6) is 0.723. The molecule has 1 aromatic carbocycles. The van der Waals surface area contributed by atoms with Gasteiger partial charge in [-0.2, -0.15) is 0 Å². The van der Waals surface area contributed by atoms with E-state index in [1.54, 1.807) is 24.3 Å². The summed E-state index contributed by atoms with van der Waals surface area (Å²) in [6.45, 7) is 3.58. The van der Waals surface area contributed by atoms with Crippen LogP contribution in [-0.2, 0) is 4.79 Å². The van der Waals surface area contributed by atoms with Crippen LogP contribution in [0.4, 0.5) is 5.69 Å². The molecule has 2 unspecified atom stereocenters. The van der Waals surface area contributed by atoms with Crippen LogP contribution in [-0.4, -0.2) is 11.7 Å². The fraction of sp³-hybridized carbons (Fsp3) is 0.385. The standard InChI is InChI=1S/C13H15NO2/c1-8-6-12(8)13(16)14-11-5-3-4-10(7-11)9(2)15/h3-5,7-8,12H,6H2,1-2H3,(H,14,16). The molecule has 0 bridgehead atoms. The Balaban J connectivity index is 2.06. The van der Waals surface area contributed by atoms with E-state index in [1.165, 1.54) is 6.92 Å². The number of hydrogen-bond acceptors (Lipinski definition) is 2. The topological polar surface area (TPSA) is 46.2 Å². The maximum absolute atomic E-state index is 11.7. The van der Waals surface area contributed by atoms with E-state index in [0.717, 1.165) is 6.42 Å². The highest BCUT2D eigenvalue weighted by Gasteiger charge is 2.39. The molecule has 1 aliphatic carbocycles. The second-order valence-electron chi connectivity index (χ2n) is 4.45. The number of carbonyl (C=O) groups is 2. The van der Waals surface area contributed by atoms with Gasteiger partial charge in [-0.15, -0.1) is 0 Å². The lowest BCUT2D eigenvalue weighted by molar-refractivity contribution is -0.117. The van der Waals surface area contributed by atoms with Crippen LogP contribution in [0, 0.1) is 11.8 Å². The van der Waals surface area contributed by atoms with Crippen LogP contribution in [0.1, 0.15) is 30.6 Å². The molecule has 0 heterocycles. The van der Waals surface area contributed by atoms with Gasteiger partial charge in [0.25, 0.3) is 0 Å². The second-order valence-corrected chi connectivity index (χ2v) is 4.45. The monoisotopic (exact) mass is 217 g/mol. The van der Waals surface area contributed by atoms with Crippen molar-refractivity contribution in [3.8, 4) is 0 Å². The molecule has 3 heteroatoms. The first-order valence-corrected chi connectivity index (χ1v) is 5.50. The van der Waals surface area contributed by atoms with Gasteiger partial charge in [0, 0.05) is 17.2 Å². The summed E-state index contributed by atoms with van der Waals surface area (Å²) in [5.41, 5.74) is 1.33. The molecule has 0 saturated heterocycles. The zero-order valence-corrected chi connectivity index (χ0v) is 9.49. The molecule has 1 amide bonds. The highest BCUT2D eigenvalue weighted by Crippen LogP contribution is 2.38. The highest BCUT2D eigenvalue weighted by atomic mass is 16.2. The number of nitrogens with one attached hydrogen (secondary N) is 1. The van der Waals surface area contributed by atoms with Crippen molar-refractivity contribution in [2.24, 2.45) is 11.8 Å². The lowest BCUT2D eigenvalue weighted by Gasteiger charge is -2.05. The third-order valence-corrected chi connectivity index (χ3v) is 2.98. The van der Waals surface area contributed by atoms with Crippen LogP contribution < -0.4 is 5.32 Å². The van der Waals surface area contributed by atoms with Crippen LogP contribution in [0.15, 0.2) is 24.3 Å². The first-order valence-electron chi connectivity index (χ1n) is 5.50. The van der Waals surface area contributed by atoms with Crippen molar-refractivity contribution in [3.05, 3.63) is 29.8 Å². The number of benzene rings is 1. The first kappa shape index (κ1) is 10.9. The summed E-state index contributed by atoms with van der Waals surface area (Å²) in [7, 11) is 0. The average molecular weight is 217 g/mol. The minimum Gasteiger partial charge on any atom is -0.326 e. The van der Waals surface area contributed by atoms with Crippen LogP contribution in [0.3, 0.4) is 0 Å². The molecule has 1 aliphatic rings. The average Bonchev–Trinajstić information content (AvgIpc) is 2.96. The number of hydrogen-bond donors (Lipinski definition) is 1. The van der Waals surface area contributed by atoms with E-state index in [2.05, 4.69) is 12.2 Å². The predicted octanol–water partition coefficient (Wildman–Crippen LogP) is 2.48. The third-order valence-electron chi connectivity index (χ3n) is 2.98. The van der Waals surface area contributed by atoms with E-state index in [0.29, 0.717) is 17.2 Å². The van der Waals surface area contributed by atoms with Crippen molar-refractivity contribution in [3.63, 3.8) is 0 Å². The van der Waals surface area contributed by atoms with Crippen molar-refractivity contribution in [2.75, 3.05) is 5.32 Å². The van der Waals surface area contributed by atoms with Gasteiger partial charge < -0.3 is 5.32 Å². The number of carbonyl (C=O) groups excluding carboxylic acids is 2. The Morgan fingerprint density at radius 1 is 1.38 bits per heavy atom. The number of rotatable bonds is 3. The Kier molecular flexibility index (Phi) is 2.77. The lowest BCUT2D eigenvalue weighted by Crippen LogP contribution is -2.14. The fourth-order valence-corrected chi connectivity index (χ4v) is 1.74. The number of ketones is 1. The summed E-state index contributed by atoms with van der Waals surface area (Å²) >= 11 is 0. The predicted molar refractivity (Wildman–Crippen MR) is 62.3 cm³/mol. The van der Waals surface area contributed by atoms with Crippen molar-refractivity contribution < 1.29 is 9.59 Å². The Bertz CT molecular complexity index is 439. The molecule has 0 radical (unpaired) electrons. The third kappa shape index (κ3) is 2.30. The molecule has 84 valence electrons. The molecule has 0 spiro atoms. The van der Waals surface area contributed by atoms with Crippen LogP contribution in [0.25, 0.3) is 0 Å². The van der Waals surface area contributed by atoms with Gasteiger partial charge in [-0.1, -0.05) is 19.1 Å². The Morgan fingerprint density at radius 2 is 2.06 bits per heavy atom. The van der Waals surface area contributed by atoms with Gasteiger partial charge in [0.15, 0.2) is 5.78 Å². The van der Waals surface area contributed by atoms with Gasteiger partial charge in [0.2, 0.25) is 5.91 Å². The zero-order valence-electron chi connectivity index (χ0n) is 9.49. The Morgan fingerprint density at radius 3 is 2.62 bits per heavy atom. The maximum Gasteiger partial charge on any atom is 0.227 e. The summed E-state index contributed by atoms with van der Waals surface area (Å²) in [5, 5.41) is 2.84. The van der Waals surface area contributed by atoms with Crippen molar-refractivity contribution >= 4 is 17.4 Å². The molecule has 16 heavy (non-hydrogen) atoms. The van der Waals surface area contributed by atoms with E-state index in [-0.39, 0.29) is 17.6 Å². The SMILES string of the molecule is CC(=O)c1cccc(NC(=O)C2CC2C)c1. The van der Waals surface area contributed by atoms with E-state index < -0.39 is 0 Å². The van der Waals surface area contributed by atoms with Crippen molar-refractivity contribution in [2.45, 2.75) is 20.3 Å². The Hall–Kier alpha value is -1.64. The zero-order chi connectivity index (χ0) is 11.7. The molecule has 2 rings (SSSR count). The van der Waals surface area contributed by atoms with Gasteiger partial charge in [-0.05, 0) is 31.4 Å². The molecular weight excluding hydrogens is 202 g/mol. The molecule has 0 aliphatic heterocycles. The second kappa shape index (κ2) is 4.08. The molecule has 3 nitrogen and oxygen atoms in total. The smallest absolute Gasteiger partial charge is 0.227 e. The minimum atomic E-state index is 0.0101. The van der Waals surface area contributed by atoms with Gasteiger partial charge in [0.05, 0.1) is 0 Å². The van der Waals surface area contributed by atoms with E-state index in [9.17, 15) is 9.59 Å². The van der Waals surface area contributed by atoms with Gasteiger partial charge in [-0.25, -0.2) is 0 Å². The summed E-state index contributed by atoms with van der Waals surface area (Å²) < 4.78 is 0. The van der Waals surface area contributed by atoms with E-state index in [1.807, 2.05) is 0 Å². The van der Waals surface area contributed by atoms with E-state index >= 15 is 0 Å². The number of Topliss-reactive ketones (excluding diaryl/α,β-unsaturated/α-hetero) is 1. The largest absolute Gasteiger partial charge is 0.326 e.